The zero-order chi connectivity index (χ0) is 16.2. The van der Waals surface area contributed by atoms with Gasteiger partial charge in [-0.25, -0.2) is 0 Å². The first-order valence-corrected chi connectivity index (χ1v) is 8.36. The maximum Gasteiger partial charge on any atom is 0.253 e. The van der Waals surface area contributed by atoms with Crippen LogP contribution < -0.4 is 0 Å². The van der Waals surface area contributed by atoms with Gasteiger partial charge in [0, 0.05) is 29.9 Å². The third kappa shape index (κ3) is 3.68. The fraction of sp³-hybridized carbons (Fsp3) is 0.222. The summed E-state index contributed by atoms with van der Waals surface area (Å²) in [6.45, 7) is 3.44. The number of carbonyl (C=O) groups is 1. The number of carbonyl (C=O) groups excluding carboxylic acids is 1. The Hall–Kier alpha value is -2.40. The molecule has 0 fully saturated rings. The number of aromatic nitrogens is 2. The van der Waals surface area contributed by atoms with Gasteiger partial charge in [-0.05, 0) is 47.7 Å². The van der Waals surface area contributed by atoms with Gasteiger partial charge < -0.3 is 4.90 Å². The highest BCUT2D eigenvalue weighted by Crippen LogP contribution is 2.18. The minimum absolute atomic E-state index is 0.0449. The molecular weight excluding hydrogens is 306 g/mol. The molecule has 0 saturated carbocycles. The lowest BCUT2D eigenvalue weighted by molar-refractivity contribution is 0.0786. The fourth-order valence-corrected chi connectivity index (χ4v) is 3.37. The summed E-state index contributed by atoms with van der Waals surface area (Å²) in [4.78, 5) is 15.5. The van der Waals surface area contributed by atoms with Gasteiger partial charge in [-0.3, -0.25) is 9.48 Å². The Morgan fingerprint density at radius 3 is 2.65 bits per heavy atom. The maximum absolute atomic E-state index is 12.5. The van der Waals surface area contributed by atoms with E-state index < -0.39 is 0 Å². The number of rotatable bonds is 5. The molecule has 23 heavy (non-hydrogen) atoms. The highest BCUT2D eigenvalue weighted by molar-refractivity contribution is 7.10. The maximum atomic E-state index is 12.5. The van der Waals surface area contributed by atoms with Crippen molar-refractivity contribution >= 4 is 17.2 Å². The van der Waals surface area contributed by atoms with Crippen LogP contribution in [0.25, 0.3) is 0 Å². The van der Waals surface area contributed by atoms with Crippen molar-refractivity contribution in [2.24, 2.45) is 0 Å². The van der Waals surface area contributed by atoms with E-state index in [0.717, 1.165) is 5.56 Å². The molecule has 5 heteroatoms. The second kappa shape index (κ2) is 6.79. The molecule has 0 aliphatic rings. The van der Waals surface area contributed by atoms with Crippen LogP contribution in [0.15, 0.2) is 54.2 Å². The van der Waals surface area contributed by atoms with Crippen LogP contribution in [0.5, 0.6) is 0 Å². The molecule has 2 heterocycles. The molecule has 1 aromatic carbocycles. The first-order valence-electron chi connectivity index (χ1n) is 7.48. The van der Waals surface area contributed by atoms with Gasteiger partial charge in [-0.15, -0.1) is 11.3 Å². The largest absolute Gasteiger partial charge is 0.337 e. The van der Waals surface area contributed by atoms with Crippen molar-refractivity contribution in [1.29, 1.82) is 0 Å². The molecule has 0 atom stereocenters. The third-order valence-electron chi connectivity index (χ3n) is 3.80. The van der Waals surface area contributed by atoms with Gasteiger partial charge >= 0.3 is 0 Å². The molecule has 1 amide bonds. The van der Waals surface area contributed by atoms with Crippen LogP contribution in [-0.4, -0.2) is 27.6 Å². The van der Waals surface area contributed by atoms with Gasteiger partial charge in [0.15, 0.2) is 0 Å². The van der Waals surface area contributed by atoms with Crippen molar-refractivity contribution in [3.8, 4) is 0 Å². The summed E-state index contributed by atoms with van der Waals surface area (Å²) in [5, 5.41) is 6.25. The second-order valence-electron chi connectivity index (χ2n) is 5.59. The standard InChI is InChI=1S/C18H19N3OS/c1-14-8-11-23-17(14)13-20(2)18(22)16-6-4-15(5-7-16)12-21-10-3-9-19-21/h3-11H,12-13H2,1-2H3. The van der Waals surface area contributed by atoms with Gasteiger partial charge in [0.1, 0.15) is 0 Å². The Balaban J connectivity index is 1.66. The van der Waals surface area contributed by atoms with Crippen LogP contribution in [0.2, 0.25) is 0 Å². The summed E-state index contributed by atoms with van der Waals surface area (Å²) >= 11 is 1.69. The van der Waals surface area contributed by atoms with Gasteiger partial charge in [0.05, 0.1) is 13.1 Å². The lowest BCUT2D eigenvalue weighted by atomic mass is 10.1. The van der Waals surface area contributed by atoms with Crippen molar-refractivity contribution in [3.63, 3.8) is 0 Å². The van der Waals surface area contributed by atoms with E-state index >= 15 is 0 Å². The zero-order valence-electron chi connectivity index (χ0n) is 13.3. The van der Waals surface area contributed by atoms with Gasteiger partial charge in [-0.2, -0.15) is 5.10 Å². The number of thiophene rings is 1. The van der Waals surface area contributed by atoms with E-state index in [2.05, 4.69) is 23.5 Å². The number of amides is 1. The lowest BCUT2D eigenvalue weighted by Gasteiger charge is -2.17. The summed E-state index contributed by atoms with van der Waals surface area (Å²) in [6, 6.07) is 11.7. The van der Waals surface area contributed by atoms with Crippen molar-refractivity contribution in [2.45, 2.75) is 20.0 Å². The number of benzene rings is 1. The molecule has 0 spiro atoms. The van der Waals surface area contributed by atoms with Crippen LogP contribution in [0.3, 0.4) is 0 Å². The van der Waals surface area contributed by atoms with Crippen LogP contribution in [0.4, 0.5) is 0 Å². The number of hydrogen-bond acceptors (Lipinski definition) is 3. The molecule has 118 valence electrons. The SMILES string of the molecule is Cc1ccsc1CN(C)C(=O)c1ccc(Cn2cccn2)cc1. The molecular formula is C18H19N3OS. The van der Waals surface area contributed by atoms with E-state index in [9.17, 15) is 4.79 Å². The minimum atomic E-state index is 0.0449. The summed E-state index contributed by atoms with van der Waals surface area (Å²) in [6.07, 6.45) is 3.69. The Morgan fingerprint density at radius 1 is 1.26 bits per heavy atom. The molecule has 3 aromatic rings. The van der Waals surface area contributed by atoms with Crippen LogP contribution in [0, 0.1) is 6.92 Å². The third-order valence-corrected chi connectivity index (χ3v) is 4.81. The highest BCUT2D eigenvalue weighted by Gasteiger charge is 2.13. The zero-order valence-corrected chi connectivity index (χ0v) is 14.1. The second-order valence-corrected chi connectivity index (χ2v) is 6.59. The summed E-state index contributed by atoms with van der Waals surface area (Å²) in [7, 11) is 1.85. The predicted molar refractivity (Wildman–Crippen MR) is 92.6 cm³/mol. The molecule has 4 nitrogen and oxygen atoms in total. The molecule has 0 aliphatic heterocycles. The van der Waals surface area contributed by atoms with Crippen molar-refractivity contribution in [2.75, 3.05) is 7.05 Å². The first kappa shape index (κ1) is 15.5. The average molecular weight is 325 g/mol. The summed E-state index contributed by atoms with van der Waals surface area (Å²) in [5.41, 5.74) is 3.08. The smallest absolute Gasteiger partial charge is 0.253 e. The molecule has 0 saturated heterocycles. The van der Waals surface area contributed by atoms with Gasteiger partial charge in [0.2, 0.25) is 0 Å². The Kier molecular flexibility index (Phi) is 4.57. The van der Waals surface area contributed by atoms with Gasteiger partial charge in [0.25, 0.3) is 5.91 Å². The Bertz CT molecular complexity index is 775. The van der Waals surface area contributed by atoms with E-state index in [1.54, 1.807) is 22.4 Å². The van der Waals surface area contributed by atoms with Crippen LogP contribution in [-0.2, 0) is 13.1 Å². The topological polar surface area (TPSA) is 38.1 Å². The van der Waals surface area contributed by atoms with E-state index in [1.807, 2.05) is 48.3 Å². The molecule has 0 unspecified atom stereocenters. The number of aryl methyl sites for hydroxylation is 1. The average Bonchev–Trinajstić information content (AvgIpc) is 3.20. The van der Waals surface area contributed by atoms with E-state index in [-0.39, 0.29) is 5.91 Å². The summed E-state index contributed by atoms with van der Waals surface area (Å²) in [5.74, 6) is 0.0449. The van der Waals surface area contributed by atoms with Crippen molar-refractivity contribution in [1.82, 2.24) is 14.7 Å². The van der Waals surface area contributed by atoms with Crippen molar-refractivity contribution in [3.05, 3.63) is 75.7 Å². The molecule has 0 aliphatic carbocycles. The van der Waals surface area contributed by atoms with Crippen LogP contribution in [0.1, 0.15) is 26.4 Å². The van der Waals surface area contributed by atoms with E-state index in [0.29, 0.717) is 18.7 Å². The molecule has 0 N–H and O–H groups in total. The fourth-order valence-electron chi connectivity index (χ4n) is 2.41. The van der Waals surface area contributed by atoms with Gasteiger partial charge in [-0.1, -0.05) is 12.1 Å². The predicted octanol–water partition coefficient (Wildman–Crippen LogP) is 3.57. The lowest BCUT2D eigenvalue weighted by Crippen LogP contribution is -2.26. The highest BCUT2D eigenvalue weighted by atomic mass is 32.1. The Morgan fingerprint density at radius 2 is 2.04 bits per heavy atom. The normalized spacial score (nSPS) is 10.7. The van der Waals surface area contributed by atoms with Crippen LogP contribution >= 0.6 is 11.3 Å². The quantitative estimate of drug-likeness (QED) is 0.719. The number of nitrogens with zero attached hydrogens (tertiary/aromatic N) is 3. The molecule has 0 radical (unpaired) electrons. The van der Waals surface area contributed by atoms with E-state index in [4.69, 9.17) is 0 Å². The summed E-state index contributed by atoms with van der Waals surface area (Å²) < 4.78 is 1.86. The monoisotopic (exact) mass is 325 g/mol. The molecule has 3 rings (SSSR count). The Labute approximate surface area is 140 Å². The molecule has 2 aromatic heterocycles. The molecule has 0 bridgehead atoms. The number of hydrogen-bond donors (Lipinski definition) is 0. The first-order chi connectivity index (χ1) is 11.1. The van der Waals surface area contributed by atoms with E-state index in [1.165, 1.54) is 10.4 Å². The minimum Gasteiger partial charge on any atom is -0.337 e. The van der Waals surface area contributed by atoms with Crippen molar-refractivity contribution < 1.29 is 4.79 Å².